The molecule has 0 atom stereocenters. The topological polar surface area (TPSA) is 105 Å². The second-order valence-corrected chi connectivity index (χ2v) is 5.78. The predicted molar refractivity (Wildman–Crippen MR) is 99.5 cm³/mol. The van der Waals surface area contributed by atoms with Crippen LogP contribution >= 0.6 is 0 Å². The quantitative estimate of drug-likeness (QED) is 0.708. The maximum Gasteiger partial charge on any atom is 0.317 e. The zero-order valence-corrected chi connectivity index (χ0v) is 14.6. The predicted octanol–water partition coefficient (Wildman–Crippen LogP) is 1.96. The molecule has 0 aliphatic carbocycles. The highest BCUT2D eigenvalue weighted by atomic mass is 16.2. The smallest absolute Gasteiger partial charge is 0.317 e. The van der Waals surface area contributed by atoms with Gasteiger partial charge in [0.2, 0.25) is 5.91 Å². The number of anilines is 1. The zero-order chi connectivity index (χ0) is 18.9. The minimum atomic E-state index is -0.614. The first-order valence-corrected chi connectivity index (χ1v) is 8.19. The van der Waals surface area contributed by atoms with E-state index in [0.717, 1.165) is 5.56 Å². The minimum Gasteiger partial charge on any atom is -0.366 e. The monoisotopic (exact) mass is 354 g/mol. The van der Waals surface area contributed by atoms with Gasteiger partial charge in [0.1, 0.15) is 0 Å². The lowest BCUT2D eigenvalue weighted by Gasteiger charge is -2.18. The Kier molecular flexibility index (Phi) is 6.73. The molecular formula is C19H22N4O3. The van der Waals surface area contributed by atoms with E-state index in [-0.39, 0.29) is 30.5 Å². The van der Waals surface area contributed by atoms with Crippen molar-refractivity contribution in [1.29, 1.82) is 0 Å². The molecule has 136 valence electrons. The largest absolute Gasteiger partial charge is 0.366 e. The molecule has 0 saturated carbocycles. The number of hydrogen-bond acceptors (Lipinski definition) is 3. The highest BCUT2D eigenvalue weighted by Gasteiger charge is 2.12. The number of primary amides is 1. The second kappa shape index (κ2) is 9.22. The standard InChI is InChI=1S/C19H22N4O3/c1-23(13-14-7-3-2-4-8-14)19(26)21-12-11-17(24)22-16-10-6-5-9-15(16)18(20)25/h2-10H,11-13H2,1H3,(H2,20,25)(H,21,26)(H,22,24). The summed E-state index contributed by atoms with van der Waals surface area (Å²) in [6.07, 6.45) is 0.0814. The van der Waals surface area contributed by atoms with E-state index in [2.05, 4.69) is 10.6 Å². The molecule has 4 N–H and O–H groups in total. The molecule has 7 nitrogen and oxygen atoms in total. The summed E-state index contributed by atoms with van der Waals surface area (Å²) in [5.41, 5.74) is 6.90. The summed E-state index contributed by atoms with van der Waals surface area (Å²) in [5, 5.41) is 5.32. The molecule has 0 saturated heterocycles. The number of nitrogens with two attached hydrogens (primary N) is 1. The third kappa shape index (κ3) is 5.62. The van der Waals surface area contributed by atoms with E-state index < -0.39 is 5.91 Å². The lowest BCUT2D eigenvalue weighted by molar-refractivity contribution is -0.116. The van der Waals surface area contributed by atoms with Crippen molar-refractivity contribution < 1.29 is 14.4 Å². The van der Waals surface area contributed by atoms with Crippen LogP contribution in [0.5, 0.6) is 0 Å². The van der Waals surface area contributed by atoms with Crippen LogP contribution in [0.3, 0.4) is 0 Å². The Morgan fingerprint density at radius 1 is 1.00 bits per heavy atom. The summed E-state index contributed by atoms with van der Waals surface area (Å²) < 4.78 is 0. The molecule has 0 aliphatic heterocycles. The summed E-state index contributed by atoms with van der Waals surface area (Å²) in [4.78, 5) is 36.9. The van der Waals surface area contributed by atoms with E-state index in [1.54, 1.807) is 25.2 Å². The van der Waals surface area contributed by atoms with Crippen LogP contribution in [-0.2, 0) is 11.3 Å². The van der Waals surface area contributed by atoms with E-state index >= 15 is 0 Å². The summed E-state index contributed by atoms with van der Waals surface area (Å²) in [7, 11) is 1.69. The van der Waals surface area contributed by atoms with Crippen molar-refractivity contribution in [1.82, 2.24) is 10.2 Å². The van der Waals surface area contributed by atoms with Crippen molar-refractivity contribution >= 4 is 23.5 Å². The van der Waals surface area contributed by atoms with Gasteiger partial charge in [-0.3, -0.25) is 9.59 Å². The molecule has 0 unspecified atom stereocenters. The number of nitrogens with zero attached hydrogens (tertiary/aromatic N) is 1. The molecule has 0 aromatic heterocycles. The molecule has 26 heavy (non-hydrogen) atoms. The minimum absolute atomic E-state index is 0.0814. The Bertz CT molecular complexity index is 777. The number of amides is 4. The Morgan fingerprint density at radius 3 is 2.35 bits per heavy atom. The normalized spacial score (nSPS) is 10.0. The maximum absolute atomic E-state index is 12.1. The van der Waals surface area contributed by atoms with Gasteiger partial charge in [-0.25, -0.2) is 4.79 Å². The molecule has 7 heteroatoms. The molecule has 0 heterocycles. The highest BCUT2D eigenvalue weighted by Crippen LogP contribution is 2.14. The van der Waals surface area contributed by atoms with Crippen molar-refractivity contribution in [2.45, 2.75) is 13.0 Å². The van der Waals surface area contributed by atoms with E-state index in [4.69, 9.17) is 5.73 Å². The number of rotatable bonds is 7. The lowest BCUT2D eigenvalue weighted by Crippen LogP contribution is -2.38. The Hall–Kier alpha value is -3.35. The first kappa shape index (κ1) is 19.0. The Labute approximate surface area is 152 Å². The van der Waals surface area contributed by atoms with Crippen LogP contribution in [0.2, 0.25) is 0 Å². The van der Waals surface area contributed by atoms with Crippen LogP contribution < -0.4 is 16.4 Å². The number of nitrogens with one attached hydrogen (secondary N) is 2. The van der Waals surface area contributed by atoms with E-state index in [0.29, 0.717) is 12.2 Å². The summed E-state index contributed by atoms with van der Waals surface area (Å²) in [6.45, 7) is 0.660. The van der Waals surface area contributed by atoms with Crippen molar-refractivity contribution in [2.24, 2.45) is 5.73 Å². The SMILES string of the molecule is CN(Cc1ccccc1)C(=O)NCCC(=O)Nc1ccccc1C(N)=O. The van der Waals surface area contributed by atoms with Crippen molar-refractivity contribution in [3.63, 3.8) is 0 Å². The molecule has 2 aromatic rings. The van der Waals surface area contributed by atoms with Gasteiger partial charge in [0, 0.05) is 26.6 Å². The summed E-state index contributed by atoms with van der Waals surface area (Å²) in [5.74, 6) is -0.929. The fraction of sp³-hybridized carbons (Fsp3) is 0.211. The van der Waals surface area contributed by atoms with Crippen LogP contribution in [0.4, 0.5) is 10.5 Å². The molecule has 2 aromatic carbocycles. The van der Waals surface area contributed by atoms with Gasteiger partial charge in [-0.15, -0.1) is 0 Å². The van der Waals surface area contributed by atoms with Crippen molar-refractivity contribution in [3.8, 4) is 0 Å². The molecule has 0 spiro atoms. The number of hydrogen-bond donors (Lipinski definition) is 3. The van der Waals surface area contributed by atoms with E-state index in [1.165, 1.54) is 11.0 Å². The van der Waals surface area contributed by atoms with Crippen LogP contribution in [0.15, 0.2) is 54.6 Å². The van der Waals surface area contributed by atoms with E-state index in [9.17, 15) is 14.4 Å². The van der Waals surface area contributed by atoms with E-state index in [1.807, 2.05) is 30.3 Å². The van der Waals surface area contributed by atoms with Crippen molar-refractivity contribution in [3.05, 3.63) is 65.7 Å². The first-order valence-electron chi connectivity index (χ1n) is 8.19. The Balaban J connectivity index is 1.77. The van der Waals surface area contributed by atoms with Crippen LogP contribution in [0, 0.1) is 0 Å². The summed E-state index contributed by atoms with van der Waals surface area (Å²) >= 11 is 0. The highest BCUT2D eigenvalue weighted by molar-refractivity contribution is 6.03. The molecule has 0 radical (unpaired) electrons. The second-order valence-electron chi connectivity index (χ2n) is 5.78. The first-order chi connectivity index (χ1) is 12.5. The molecule has 4 amide bonds. The number of urea groups is 1. The fourth-order valence-electron chi connectivity index (χ4n) is 2.37. The average molecular weight is 354 g/mol. The van der Waals surface area contributed by atoms with Crippen LogP contribution in [-0.4, -0.2) is 36.3 Å². The lowest BCUT2D eigenvalue weighted by atomic mass is 10.1. The molecule has 2 rings (SSSR count). The van der Waals surface area contributed by atoms with Gasteiger partial charge in [-0.1, -0.05) is 42.5 Å². The number of benzene rings is 2. The third-order valence-corrected chi connectivity index (χ3v) is 3.70. The maximum atomic E-state index is 12.1. The Morgan fingerprint density at radius 2 is 1.65 bits per heavy atom. The third-order valence-electron chi connectivity index (χ3n) is 3.70. The van der Waals surface area contributed by atoms with Gasteiger partial charge in [-0.2, -0.15) is 0 Å². The van der Waals surface area contributed by atoms with Crippen LogP contribution in [0.1, 0.15) is 22.3 Å². The number of carbonyl (C=O) groups is 3. The van der Waals surface area contributed by atoms with Crippen molar-refractivity contribution in [2.75, 3.05) is 18.9 Å². The zero-order valence-electron chi connectivity index (χ0n) is 14.6. The number of para-hydroxylation sites is 1. The van der Waals surface area contributed by atoms with Gasteiger partial charge in [0.05, 0.1) is 11.3 Å². The van der Waals surface area contributed by atoms with Gasteiger partial charge < -0.3 is 21.3 Å². The van der Waals surface area contributed by atoms with Gasteiger partial charge >= 0.3 is 6.03 Å². The molecular weight excluding hydrogens is 332 g/mol. The average Bonchev–Trinajstić information content (AvgIpc) is 2.62. The fourth-order valence-corrected chi connectivity index (χ4v) is 2.37. The van der Waals surface area contributed by atoms with Gasteiger partial charge in [0.15, 0.2) is 0 Å². The summed E-state index contributed by atoms with van der Waals surface area (Å²) in [6, 6.07) is 15.9. The molecule has 0 bridgehead atoms. The van der Waals surface area contributed by atoms with Crippen LogP contribution in [0.25, 0.3) is 0 Å². The number of carbonyl (C=O) groups excluding carboxylic acids is 3. The van der Waals surface area contributed by atoms with Gasteiger partial charge in [-0.05, 0) is 17.7 Å². The molecule has 0 aliphatic rings. The van der Waals surface area contributed by atoms with Gasteiger partial charge in [0.25, 0.3) is 5.91 Å². The molecule has 0 fully saturated rings.